The molecule has 1 aliphatic rings. The minimum atomic E-state index is 1.12. The summed E-state index contributed by atoms with van der Waals surface area (Å²) in [6, 6.07) is 0. The highest BCUT2D eigenvalue weighted by atomic mass is 15.3. The molecule has 0 bridgehead atoms. The van der Waals surface area contributed by atoms with Crippen molar-refractivity contribution in [3.63, 3.8) is 0 Å². The zero-order chi connectivity index (χ0) is 12.1. The van der Waals surface area contributed by atoms with Crippen LogP contribution in [-0.2, 0) is 0 Å². The van der Waals surface area contributed by atoms with Gasteiger partial charge in [0.25, 0.3) is 0 Å². The second-order valence-corrected chi connectivity index (χ2v) is 6.93. The SMILES string of the molecule is C[N+](C)(C)CCCCCC[N+]1(C)CCCC1. The third kappa shape index (κ3) is 5.86. The number of nitrogens with zero attached hydrogens (tertiary/aromatic N) is 2. The van der Waals surface area contributed by atoms with Gasteiger partial charge in [-0.3, -0.25) is 0 Å². The molecule has 1 heterocycles. The predicted molar refractivity (Wildman–Crippen MR) is 71.4 cm³/mol. The van der Waals surface area contributed by atoms with Crippen LogP contribution in [0.5, 0.6) is 0 Å². The van der Waals surface area contributed by atoms with Crippen LogP contribution in [0, 0.1) is 0 Å². The van der Waals surface area contributed by atoms with Crippen molar-refractivity contribution in [1.82, 2.24) is 0 Å². The van der Waals surface area contributed by atoms with Crippen LogP contribution in [-0.4, -0.2) is 63.3 Å². The zero-order valence-corrected chi connectivity index (χ0v) is 12.0. The van der Waals surface area contributed by atoms with Gasteiger partial charge < -0.3 is 8.97 Å². The summed E-state index contributed by atoms with van der Waals surface area (Å²) in [5, 5.41) is 0. The molecule has 1 rings (SSSR count). The molecule has 0 spiro atoms. The van der Waals surface area contributed by atoms with Gasteiger partial charge in [-0.05, 0) is 25.7 Å². The fourth-order valence-corrected chi connectivity index (χ4v) is 2.76. The molecule has 0 unspecified atom stereocenters. The summed E-state index contributed by atoms with van der Waals surface area (Å²) in [4.78, 5) is 0. The lowest BCUT2D eigenvalue weighted by Gasteiger charge is -2.29. The van der Waals surface area contributed by atoms with Gasteiger partial charge in [0.1, 0.15) is 0 Å². The molecule has 0 aliphatic carbocycles. The molecule has 2 nitrogen and oxygen atoms in total. The minimum absolute atomic E-state index is 1.12. The van der Waals surface area contributed by atoms with Crippen molar-refractivity contribution in [3.05, 3.63) is 0 Å². The normalized spacial score (nSPS) is 20.2. The topological polar surface area (TPSA) is 0 Å². The third-order valence-electron chi connectivity index (χ3n) is 3.92. The Morgan fingerprint density at radius 1 is 0.875 bits per heavy atom. The lowest BCUT2D eigenvalue weighted by Crippen LogP contribution is -2.41. The van der Waals surface area contributed by atoms with Crippen LogP contribution in [0.3, 0.4) is 0 Å². The van der Waals surface area contributed by atoms with E-state index in [9.17, 15) is 0 Å². The van der Waals surface area contributed by atoms with E-state index in [1.54, 1.807) is 0 Å². The zero-order valence-electron chi connectivity index (χ0n) is 12.0. The van der Waals surface area contributed by atoms with Crippen molar-refractivity contribution in [2.24, 2.45) is 0 Å². The Balaban J connectivity index is 1.96. The first-order valence-corrected chi connectivity index (χ1v) is 7.05. The van der Waals surface area contributed by atoms with E-state index < -0.39 is 0 Å². The smallest absolute Gasteiger partial charge is 0.0786 e. The molecule has 16 heavy (non-hydrogen) atoms. The summed E-state index contributed by atoms with van der Waals surface area (Å²) in [5.41, 5.74) is 0. The van der Waals surface area contributed by atoms with Gasteiger partial charge >= 0.3 is 0 Å². The number of hydrogen-bond donors (Lipinski definition) is 0. The maximum atomic E-state index is 2.44. The van der Waals surface area contributed by atoms with E-state index in [2.05, 4.69) is 28.2 Å². The Bertz CT molecular complexity index is 187. The summed E-state index contributed by atoms with van der Waals surface area (Å²) in [7, 11) is 9.31. The molecule has 0 aromatic heterocycles. The summed E-state index contributed by atoms with van der Waals surface area (Å²) in [6.45, 7) is 5.61. The van der Waals surface area contributed by atoms with Crippen LogP contribution in [0.2, 0.25) is 0 Å². The molecule has 2 heteroatoms. The molecule has 0 amide bonds. The van der Waals surface area contributed by atoms with Gasteiger partial charge in [0, 0.05) is 12.8 Å². The lowest BCUT2D eigenvalue weighted by molar-refractivity contribution is -0.897. The largest absolute Gasteiger partial charge is 0.331 e. The highest BCUT2D eigenvalue weighted by Crippen LogP contribution is 2.17. The first kappa shape index (κ1) is 14.0. The Morgan fingerprint density at radius 2 is 1.44 bits per heavy atom. The molecule has 1 aliphatic heterocycles. The molecular weight excluding hydrogens is 196 g/mol. The maximum Gasteiger partial charge on any atom is 0.0786 e. The van der Waals surface area contributed by atoms with E-state index in [0.29, 0.717) is 0 Å². The maximum absolute atomic E-state index is 2.44. The monoisotopic (exact) mass is 228 g/mol. The molecule has 0 aromatic rings. The molecular formula is C14H32N2+2. The number of quaternary nitrogens is 2. The molecule has 0 N–H and O–H groups in total. The Kier molecular flexibility index (Phi) is 5.26. The Labute approximate surface area is 102 Å². The molecule has 1 saturated heterocycles. The van der Waals surface area contributed by atoms with Gasteiger partial charge in [-0.1, -0.05) is 0 Å². The number of likely N-dealkylation sites (tertiary alicyclic amines) is 1. The Morgan fingerprint density at radius 3 is 2.00 bits per heavy atom. The van der Waals surface area contributed by atoms with Crippen molar-refractivity contribution in [2.45, 2.75) is 38.5 Å². The van der Waals surface area contributed by atoms with Gasteiger partial charge in [0.05, 0.1) is 54.4 Å². The fourth-order valence-electron chi connectivity index (χ4n) is 2.76. The molecule has 1 fully saturated rings. The van der Waals surface area contributed by atoms with E-state index in [-0.39, 0.29) is 0 Å². The fraction of sp³-hybridized carbons (Fsp3) is 1.00. The summed E-state index contributed by atoms with van der Waals surface area (Å²) < 4.78 is 2.48. The van der Waals surface area contributed by atoms with Crippen LogP contribution in [0.4, 0.5) is 0 Å². The first-order chi connectivity index (χ1) is 7.41. The van der Waals surface area contributed by atoms with Gasteiger partial charge in [-0.2, -0.15) is 0 Å². The highest BCUT2D eigenvalue weighted by Gasteiger charge is 2.25. The van der Waals surface area contributed by atoms with Crippen LogP contribution in [0.25, 0.3) is 0 Å². The van der Waals surface area contributed by atoms with Gasteiger partial charge in [0.15, 0.2) is 0 Å². The van der Waals surface area contributed by atoms with Crippen molar-refractivity contribution in [1.29, 1.82) is 0 Å². The minimum Gasteiger partial charge on any atom is -0.331 e. The van der Waals surface area contributed by atoms with Crippen LogP contribution >= 0.6 is 0 Å². The second-order valence-electron chi connectivity index (χ2n) is 6.93. The third-order valence-corrected chi connectivity index (χ3v) is 3.92. The molecule has 0 radical (unpaired) electrons. The summed E-state index contributed by atoms with van der Waals surface area (Å²) >= 11 is 0. The number of unbranched alkanes of at least 4 members (excludes halogenated alkanes) is 3. The Hall–Kier alpha value is -0.0800. The van der Waals surface area contributed by atoms with E-state index in [1.165, 1.54) is 69.2 Å². The molecule has 0 aromatic carbocycles. The quantitative estimate of drug-likeness (QED) is 0.464. The van der Waals surface area contributed by atoms with Crippen molar-refractivity contribution in [2.75, 3.05) is 54.4 Å². The van der Waals surface area contributed by atoms with Crippen molar-refractivity contribution in [3.8, 4) is 0 Å². The van der Waals surface area contributed by atoms with Gasteiger partial charge in [-0.15, -0.1) is 0 Å². The van der Waals surface area contributed by atoms with E-state index in [4.69, 9.17) is 0 Å². The predicted octanol–water partition coefficient (Wildman–Crippen LogP) is 2.49. The molecule has 0 atom stereocenters. The average Bonchev–Trinajstić information content (AvgIpc) is 2.57. The standard InChI is InChI=1S/C14H32N2/c1-15(2,3)11-7-5-6-8-12-16(4)13-9-10-14-16/h5-14H2,1-4H3/q+2. The van der Waals surface area contributed by atoms with Crippen molar-refractivity contribution < 1.29 is 8.97 Å². The van der Waals surface area contributed by atoms with Crippen LogP contribution in [0.15, 0.2) is 0 Å². The van der Waals surface area contributed by atoms with Crippen LogP contribution in [0.1, 0.15) is 38.5 Å². The van der Waals surface area contributed by atoms with E-state index in [0.717, 1.165) is 4.48 Å². The highest BCUT2D eigenvalue weighted by molar-refractivity contribution is 4.52. The van der Waals surface area contributed by atoms with Crippen LogP contribution < -0.4 is 0 Å². The second kappa shape index (κ2) is 6.02. The van der Waals surface area contributed by atoms with Crippen molar-refractivity contribution >= 4 is 0 Å². The average molecular weight is 228 g/mol. The van der Waals surface area contributed by atoms with E-state index >= 15 is 0 Å². The molecule has 0 saturated carbocycles. The molecule has 96 valence electrons. The lowest BCUT2D eigenvalue weighted by atomic mass is 10.1. The van der Waals surface area contributed by atoms with Gasteiger partial charge in [-0.25, -0.2) is 0 Å². The summed E-state index contributed by atoms with van der Waals surface area (Å²) in [6.07, 6.45) is 8.61. The first-order valence-electron chi connectivity index (χ1n) is 7.05. The van der Waals surface area contributed by atoms with E-state index in [1.807, 2.05) is 0 Å². The van der Waals surface area contributed by atoms with Gasteiger partial charge in [0.2, 0.25) is 0 Å². The number of rotatable bonds is 7. The summed E-state index contributed by atoms with van der Waals surface area (Å²) in [5.74, 6) is 0. The number of hydrogen-bond acceptors (Lipinski definition) is 0.